The minimum absolute atomic E-state index is 0.645. The van der Waals surface area contributed by atoms with Gasteiger partial charge >= 0.3 is 0 Å². The van der Waals surface area contributed by atoms with Crippen molar-refractivity contribution in [3.63, 3.8) is 0 Å². The van der Waals surface area contributed by atoms with Gasteiger partial charge in [-0.3, -0.25) is 4.90 Å². The van der Waals surface area contributed by atoms with Gasteiger partial charge in [-0.15, -0.1) is 0 Å². The number of rotatable bonds is 2. The van der Waals surface area contributed by atoms with E-state index in [2.05, 4.69) is 44.7 Å². The molecule has 1 aromatic carbocycles. The Balaban J connectivity index is 2.14. The summed E-state index contributed by atoms with van der Waals surface area (Å²) in [7, 11) is 0. The van der Waals surface area contributed by atoms with E-state index >= 15 is 0 Å². The zero-order chi connectivity index (χ0) is 14.0. The highest BCUT2D eigenvalue weighted by molar-refractivity contribution is 5.37. The lowest BCUT2D eigenvalue weighted by molar-refractivity contribution is 0.0728. The first-order chi connectivity index (χ1) is 9.01. The highest BCUT2D eigenvalue weighted by Gasteiger charge is 2.28. The summed E-state index contributed by atoms with van der Waals surface area (Å²) in [4.78, 5) is 2.59. The molecule has 1 aromatic rings. The van der Waals surface area contributed by atoms with E-state index in [-0.39, 0.29) is 0 Å². The summed E-state index contributed by atoms with van der Waals surface area (Å²) in [6.07, 6.45) is 1.34. The number of piperidine rings is 1. The number of aryl methyl sites for hydroxylation is 1. The standard InChI is InChI=1S/C17H24N2/c1-12-7-13(2)15(4)19(10-12)11-17-6-5-16(9-18)8-14(17)3/h5-6,8,12-13,15H,7,10-11H2,1-4H3. The largest absolute Gasteiger partial charge is 0.296 e. The van der Waals surface area contributed by atoms with E-state index in [0.29, 0.717) is 6.04 Å². The van der Waals surface area contributed by atoms with Crippen LogP contribution in [0.1, 0.15) is 43.9 Å². The fraction of sp³-hybridized carbons (Fsp3) is 0.588. The Morgan fingerprint density at radius 2 is 2.05 bits per heavy atom. The topological polar surface area (TPSA) is 27.0 Å². The first kappa shape index (κ1) is 14.1. The maximum Gasteiger partial charge on any atom is 0.0991 e. The Labute approximate surface area is 117 Å². The second-order valence-electron chi connectivity index (χ2n) is 6.24. The lowest BCUT2D eigenvalue weighted by Gasteiger charge is -2.41. The molecule has 3 unspecified atom stereocenters. The molecule has 1 heterocycles. The second kappa shape index (κ2) is 5.75. The van der Waals surface area contributed by atoms with E-state index in [4.69, 9.17) is 5.26 Å². The van der Waals surface area contributed by atoms with Gasteiger partial charge in [-0.1, -0.05) is 19.9 Å². The van der Waals surface area contributed by atoms with Crippen molar-refractivity contribution in [2.75, 3.05) is 6.54 Å². The average Bonchev–Trinajstić information content (AvgIpc) is 2.37. The molecule has 102 valence electrons. The maximum atomic E-state index is 8.93. The molecule has 0 aliphatic carbocycles. The van der Waals surface area contributed by atoms with Crippen molar-refractivity contribution in [2.24, 2.45) is 11.8 Å². The smallest absolute Gasteiger partial charge is 0.0991 e. The number of nitrogens with zero attached hydrogens (tertiary/aromatic N) is 2. The summed E-state index contributed by atoms with van der Waals surface area (Å²) in [6.45, 7) is 11.4. The van der Waals surface area contributed by atoms with Crippen molar-refractivity contribution < 1.29 is 0 Å². The fourth-order valence-corrected chi connectivity index (χ4v) is 3.20. The van der Waals surface area contributed by atoms with Gasteiger partial charge in [0.2, 0.25) is 0 Å². The SMILES string of the molecule is Cc1cc(C#N)ccc1CN1CC(C)CC(C)C1C. The normalized spacial score (nSPS) is 28.1. The van der Waals surface area contributed by atoms with Gasteiger partial charge in [-0.05, 0) is 55.4 Å². The molecule has 2 rings (SSSR count). The van der Waals surface area contributed by atoms with Crippen LogP contribution in [0.25, 0.3) is 0 Å². The molecule has 0 radical (unpaired) electrons. The van der Waals surface area contributed by atoms with Crippen LogP contribution in [0.3, 0.4) is 0 Å². The average molecular weight is 256 g/mol. The molecule has 1 fully saturated rings. The summed E-state index contributed by atoms with van der Waals surface area (Å²) in [6, 6.07) is 8.90. The zero-order valence-corrected chi connectivity index (χ0v) is 12.5. The van der Waals surface area contributed by atoms with E-state index < -0.39 is 0 Å². The lowest BCUT2D eigenvalue weighted by Crippen LogP contribution is -2.45. The Morgan fingerprint density at radius 1 is 1.32 bits per heavy atom. The minimum Gasteiger partial charge on any atom is -0.296 e. The van der Waals surface area contributed by atoms with Crippen LogP contribution < -0.4 is 0 Å². The van der Waals surface area contributed by atoms with Crippen LogP contribution in [-0.2, 0) is 6.54 Å². The summed E-state index contributed by atoms with van der Waals surface area (Å²) in [5, 5.41) is 8.93. The second-order valence-corrected chi connectivity index (χ2v) is 6.24. The van der Waals surface area contributed by atoms with Gasteiger partial charge in [0.1, 0.15) is 0 Å². The molecule has 1 aliphatic rings. The van der Waals surface area contributed by atoms with E-state index in [1.54, 1.807) is 0 Å². The number of benzene rings is 1. The predicted molar refractivity (Wildman–Crippen MR) is 78.7 cm³/mol. The van der Waals surface area contributed by atoms with Crippen molar-refractivity contribution in [1.82, 2.24) is 4.90 Å². The Morgan fingerprint density at radius 3 is 2.68 bits per heavy atom. The summed E-state index contributed by atoms with van der Waals surface area (Å²) in [5.74, 6) is 1.55. The quantitative estimate of drug-likeness (QED) is 0.806. The number of hydrogen-bond donors (Lipinski definition) is 0. The van der Waals surface area contributed by atoms with E-state index in [1.165, 1.54) is 24.1 Å². The Kier molecular flexibility index (Phi) is 4.27. The molecule has 2 heteroatoms. The monoisotopic (exact) mass is 256 g/mol. The van der Waals surface area contributed by atoms with E-state index in [9.17, 15) is 0 Å². The van der Waals surface area contributed by atoms with Crippen LogP contribution >= 0.6 is 0 Å². The molecular weight excluding hydrogens is 232 g/mol. The van der Waals surface area contributed by atoms with Gasteiger partial charge in [0.05, 0.1) is 11.6 Å². The molecule has 0 spiro atoms. The Bertz CT molecular complexity index is 487. The highest BCUT2D eigenvalue weighted by atomic mass is 15.2. The van der Waals surface area contributed by atoms with Crippen LogP contribution in [0, 0.1) is 30.1 Å². The molecule has 1 aliphatic heterocycles. The summed E-state index contributed by atoms with van der Waals surface area (Å²) in [5.41, 5.74) is 3.35. The van der Waals surface area contributed by atoms with Crippen LogP contribution in [0.4, 0.5) is 0 Å². The van der Waals surface area contributed by atoms with Gasteiger partial charge in [-0.2, -0.15) is 5.26 Å². The van der Waals surface area contributed by atoms with E-state index in [1.807, 2.05) is 12.1 Å². The van der Waals surface area contributed by atoms with Crippen LogP contribution in [-0.4, -0.2) is 17.5 Å². The lowest BCUT2D eigenvalue weighted by atomic mass is 9.85. The molecule has 1 saturated heterocycles. The van der Waals surface area contributed by atoms with Gasteiger partial charge in [0, 0.05) is 19.1 Å². The fourth-order valence-electron chi connectivity index (χ4n) is 3.20. The van der Waals surface area contributed by atoms with Gasteiger partial charge in [-0.25, -0.2) is 0 Å². The van der Waals surface area contributed by atoms with Crippen molar-refractivity contribution in [3.8, 4) is 6.07 Å². The Hall–Kier alpha value is -1.33. The molecule has 19 heavy (non-hydrogen) atoms. The molecule has 0 aromatic heterocycles. The van der Waals surface area contributed by atoms with Crippen molar-refractivity contribution in [3.05, 3.63) is 34.9 Å². The molecule has 0 saturated carbocycles. The number of nitriles is 1. The third-order valence-corrected chi connectivity index (χ3v) is 4.56. The molecular formula is C17H24N2. The zero-order valence-electron chi connectivity index (χ0n) is 12.5. The molecule has 0 N–H and O–H groups in total. The molecule has 0 amide bonds. The summed E-state index contributed by atoms with van der Waals surface area (Å²) < 4.78 is 0. The number of likely N-dealkylation sites (tertiary alicyclic amines) is 1. The first-order valence-electron chi connectivity index (χ1n) is 7.25. The van der Waals surface area contributed by atoms with E-state index in [0.717, 1.165) is 23.9 Å². The molecule has 2 nitrogen and oxygen atoms in total. The third kappa shape index (κ3) is 3.16. The van der Waals surface area contributed by atoms with Crippen molar-refractivity contribution in [1.29, 1.82) is 5.26 Å². The van der Waals surface area contributed by atoms with Gasteiger partial charge in [0.25, 0.3) is 0 Å². The van der Waals surface area contributed by atoms with Crippen molar-refractivity contribution in [2.45, 2.75) is 46.7 Å². The van der Waals surface area contributed by atoms with Crippen LogP contribution in [0.5, 0.6) is 0 Å². The third-order valence-electron chi connectivity index (χ3n) is 4.56. The van der Waals surface area contributed by atoms with Crippen LogP contribution in [0.2, 0.25) is 0 Å². The highest BCUT2D eigenvalue weighted by Crippen LogP contribution is 2.28. The molecule has 3 atom stereocenters. The van der Waals surface area contributed by atoms with Crippen LogP contribution in [0.15, 0.2) is 18.2 Å². The molecule has 0 bridgehead atoms. The minimum atomic E-state index is 0.645. The number of hydrogen-bond acceptors (Lipinski definition) is 2. The van der Waals surface area contributed by atoms with Gasteiger partial charge in [0.15, 0.2) is 0 Å². The predicted octanol–water partition coefficient (Wildman–Crippen LogP) is 3.73. The van der Waals surface area contributed by atoms with Crippen molar-refractivity contribution >= 4 is 0 Å². The maximum absolute atomic E-state index is 8.93. The van der Waals surface area contributed by atoms with Gasteiger partial charge < -0.3 is 0 Å². The summed E-state index contributed by atoms with van der Waals surface area (Å²) >= 11 is 0. The first-order valence-corrected chi connectivity index (χ1v) is 7.25.